The third-order valence-electron chi connectivity index (χ3n) is 3.70. The van der Waals surface area contributed by atoms with Gasteiger partial charge in [0.2, 0.25) is 0 Å². The van der Waals surface area contributed by atoms with Crippen LogP contribution in [0.3, 0.4) is 0 Å². The smallest absolute Gasteiger partial charge is 0.304 e. The lowest BCUT2D eigenvalue weighted by molar-refractivity contribution is -0.137. The molecule has 106 valence electrons. The zero-order chi connectivity index (χ0) is 14.5. The fourth-order valence-electron chi connectivity index (χ4n) is 2.64. The first kappa shape index (κ1) is 14.5. The van der Waals surface area contributed by atoms with E-state index in [9.17, 15) is 4.79 Å². The molecule has 0 spiro atoms. The standard InChI is InChI=1S/C17H21NO2/c1-12-7-9-14(10-8-12)17(15(18)11-16(19)20)13-5-3-2-4-6-13/h2-7,9-10,12,15,17H,8,11,18H2,1H3,(H,19,20)/t12?,15-,17?/m1/s1. The summed E-state index contributed by atoms with van der Waals surface area (Å²) in [5.41, 5.74) is 8.36. The molecule has 1 aliphatic carbocycles. The zero-order valence-electron chi connectivity index (χ0n) is 11.7. The number of hydrogen-bond donors (Lipinski definition) is 2. The molecule has 3 nitrogen and oxygen atoms in total. The summed E-state index contributed by atoms with van der Waals surface area (Å²) in [5, 5.41) is 9.00. The Balaban J connectivity index is 2.30. The van der Waals surface area contributed by atoms with Crippen molar-refractivity contribution in [1.82, 2.24) is 0 Å². The third-order valence-corrected chi connectivity index (χ3v) is 3.70. The fraction of sp³-hybridized carbons (Fsp3) is 0.353. The second kappa shape index (κ2) is 6.53. The quantitative estimate of drug-likeness (QED) is 0.865. The molecule has 0 radical (unpaired) electrons. The molecule has 0 aromatic heterocycles. The third kappa shape index (κ3) is 3.58. The van der Waals surface area contributed by atoms with Crippen molar-refractivity contribution >= 4 is 5.97 Å². The molecule has 1 aromatic rings. The summed E-state index contributed by atoms with van der Waals surface area (Å²) in [5.74, 6) is -0.380. The number of benzene rings is 1. The monoisotopic (exact) mass is 271 g/mol. The van der Waals surface area contributed by atoms with Gasteiger partial charge in [-0.05, 0) is 23.5 Å². The lowest BCUT2D eigenvalue weighted by atomic mass is 9.80. The van der Waals surface area contributed by atoms with Crippen molar-refractivity contribution in [1.29, 1.82) is 0 Å². The van der Waals surface area contributed by atoms with Crippen LogP contribution in [0.2, 0.25) is 0 Å². The molecule has 0 fully saturated rings. The van der Waals surface area contributed by atoms with Crippen molar-refractivity contribution in [2.24, 2.45) is 11.7 Å². The maximum Gasteiger partial charge on any atom is 0.304 e. The molecule has 3 heteroatoms. The molecule has 3 N–H and O–H groups in total. The second-order valence-corrected chi connectivity index (χ2v) is 5.43. The average Bonchev–Trinajstić information content (AvgIpc) is 2.42. The average molecular weight is 271 g/mol. The van der Waals surface area contributed by atoms with Crippen LogP contribution in [-0.4, -0.2) is 17.1 Å². The van der Waals surface area contributed by atoms with E-state index in [0.29, 0.717) is 5.92 Å². The Labute approximate surface area is 119 Å². The SMILES string of the molecule is CC1C=CC(C(c2ccccc2)[C@H](N)CC(=O)O)=CC1. The molecule has 0 saturated carbocycles. The van der Waals surface area contributed by atoms with E-state index in [1.54, 1.807) is 0 Å². The number of rotatable bonds is 5. The van der Waals surface area contributed by atoms with Crippen molar-refractivity contribution in [3.8, 4) is 0 Å². The summed E-state index contributed by atoms with van der Waals surface area (Å²) in [7, 11) is 0. The van der Waals surface area contributed by atoms with E-state index in [-0.39, 0.29) is 12.3 Å². The lowest BCUT2D eigenvalue weighted by Crippen LogP contribution is -2.32. The molecule has 1 aliphatic rings. The van der Waals surface area contributed by atoms with E-state index in [4.69, 9.17) is 10.8 Å². The minimum Gasteiger partial charge on any atom is -0.481 e. The van der Waals surface area contributed by atoms with Gasteiger partial charge in [-0.1, -0.05) is 55.5 Å². The van der Waals surface area contributed by atoms with Gasteiger partial charge in [-0.3, -0.25) is 4.79 Å². The number of nitrogens with two attached hydrogens (primary N) is 1. The van der Waals surface area contributed by atoms with Crippen LogP contribution in [0.4, 0.5) is 0 Å². The van der Waals surface area contributed by atoms with Gasteiger partial charge in [0.15, 0.2) is 0 Å². The van der Waals surface area contributed by atoms with Crippen molar-refractivity contribution in [2.45, 2.75) is 31.7 Å². The first-order valence-corrected chi connectivity index (χ1v) is 6.98. The van der Waals surface area contributed by atoms with Crippen LogP contribution < -0.4 is 5.73 Å². The Kier molecular flexibility index (Phi) is 4.74. The molecule has 2 rings (SSSR count). The maximum atomic E-state index is 11.0. The van der Waals surface area contributed by atoms with E-state index < -0.39 is 12.0 Å². The number of hydrogen-bond acceptors (Lipinski definition) is 2. The molecule has 20 heavy (non-hydrogen) atoms. The summed E-state index contributed by atoms with van der Waals surface area (Å²) >= 11 is 0. The van der Waals surface area contributed by atoms with Crippen molar-refractivity contribution in [3.63, 3.8) is 0 Å². The predicted octanol–water partition coefficient (Wildman–Crippen LogP) is 3.09. The van der Waals surface area contributed by atoms with Crippen molar-refractivity contribution in [3.05, 3.63) is 59.7 Å². The Bertz CT molecular complexity index is 519. The van der Waals surface area contributed by atoms with E-state index in [1.807, 2.05) is 30.3 Å². The molecule has 0 amide bonds. The Morgan fingerprint density at radius 1 is 1.40 bits per heavy atom. The highest BCUT2D eigenvalue weighted by atomic mass is 16.4. The number of aliphatic carboxylic acids is 1. The van der Waals surface area contributed by atoms with Crippen LogP contribution in [0.1, 0.15) is 31.2 Å². The number of allylic oxidation sites excluding steroid dienone is 3. The summed E-state index contributed by atoms with van der Waals surface area (Å²) in [6, 6.07) is 9.49. The van der Waals surface area contributed by atoms with Crippen LogP contribution in [0.15, 0.2) is 54.1 Å². The molecule has 1 aromatic carbocycles. The summed E-state index contributed by atoms with van der Waals surface area (Å²) in [6.45, 7) is 2.17. The zero-order valence-corrected chi connectivity index (χ0v) is 11.7. The van der Waals surface area contributed by atoms with Gasteiger partial charge in [0.1, 0.15) is 0 Å². The van der Waals surface area contributed by atoms with Crippen LogP contribution in [0.5, 0.6) is 0 Å². The molecule has 0 bridgehead atoms. The summed E-state index contributed by atoms with van der Waals surface area (Å²) in [4.78, 5) is 11.0. The number of carbonyl (C=O) groups is 1. The molecule has 2 unspecified atom stereocenters. The highest BCUT2D eigenvalue weighted by Crippen LogP contribution is 2.32. The van der Waals surface area contributed by atoms with Crippen molar-refractivity contribution in [2.75, 3.05) is 0 Å². The second-order valence-electron chi connectivity index (χ2n) is 5.43. The molecular formula is C17H21NO2. The van der Waals surface area contributed by atoms with Gasteiger partial charge in [-0.25, -0.2) is 0 Å². The van der Waals surface area contributed by atoms with E-state index in [1.165, 1.54) is 0 Å². The highest BCUT2D eigenvalue weighted by Gasteiger charge is 2.25. The van der Waals surface area contributed by atoms with Crippen LogP contribution >= 0.6 is 0 Å². The number of carboxylic acid groups (broad SMARTS) is 1. The maximum absolute atomic E-state index is 11.0. The van der Waals surface area contributed by atoms with Gasteiger partial charge in [0.05, 0.1) is 6.42 Å². The molecule has 0 aliphatic heterocycles. The Morgan fingerprint density at radius 3 is 2.65 bits per heavy atom. The fourth-order valence-corrected chi connectivity index (χ4v) is 2.64. The van der Waals surface area contributed by atoms with Gasteiger partial charge in [0.25, 0.3) is 0 Å². The van der Waals surface area contributed by atoms with Crippen LogP contribution in [0, 0.1) is 5.92 Å². The molecule has 0 saturated heterocycles. The van der Waals surface area contributed by atoms with E-state index in [2.05, 4.69) is 25.2 Å². The lowest BCUT2D eigenvalue weighted by Gasteiger charge is -2.27. The van der Waals surface area contributed by atoms with Crippen molar-refractivity contribution < 1.29 is 9.90 Å². The van der Waals surface area contributed by atoms with Gasteiger partial charge in [-0.15, -0.1) is 0 Å². The van der Waals surface area contributed by atoms with Gasteiger partial charge < -0.3 is 10.8 Å². The largest absolute Gasteiger partial charge is 0.481 e. The summed E-state index contributed by atoms with van der Waals surface area (Å²) < 4.78 is 0. The topological polar surface area (TPSA) is 63.3 Å². The molecule has 0 heterocycles. The van der Waals surface area contributed by atoms with Gasteiger partial charge in [-0.2, -0.15) is 0 Å². The Hall–Kier alpha value is -1.87. The minimum absolute atomic E-state index is 0.0275. The normalized spacial score (nSPS) is 21.1. The Morgan fingerprint density at radius 2 is 2.10 bits per heavy atom. The van der Waals surface area contributed by atoms with E-state index in [0.717, 1.165) is 17.6 Å². The first-order valence-electron chi connectivity index (χ1n) is 6.98. The predicted molar refractivity (Wildman–Crippen MR) is 80.4 cm³/mol. The summed E-state index contributed by atoms with van der Waals surface area (Å²) in [6.07, 6.45) is 7.39. The van der Waals surface area contributed by atoms with Gasteiger partial charge in [0, 0.05) is 12.0 Å². The first-order chi connectivity index (χ1) is 9.58. The molecule has 3 atom stereocenters. The highest BCUT2D eigenvalue weighted by molar-refractivity contribution is 5.68. The minimum atomic E-state index is -0.854. The van der Waals surface area contributed by atoms with Crippen LogP contribution in [-0.2, 0) is 4.79 Å². The number of carboxylic acids is 1. The van der Waals surface area contributed by atoms with Crippen LogP contribution in [0.25, 0.3) is 0 Å². The van der Waals surface area contributed by atoms with Gasteiger partial charge >= 0.3 is 5.97 Å². The molecular weight excluding hydrogens is 250 g/mol. The van der Waals surface area contributed by atoms with E-state index >= 15 is 0 Å².